The third-order valence-corrected chi connectivity index (χ3v) is 4.01. The summed E-state index contributed by atoms with van der Waals surface area (Å²) in [4.78, 5) is 14.2. The van der Waals surface area contributed by atoms with Gasteiger partial charge in [0.05, 0.1) is 23.5 Å². The maximum absolute atomic E-state index is 11.9. The summed E-state index contributed by atoms with van der Waals surface area (Å²) in [7, 11) is 0. The normalized spacial score (nSPS) is 22.6. The fourth-order valence-electron chi connectivity index (χ4n) is 2.81. The van der Waals surface area contributed by atoms with Crippen molar-refractivity contribution in [2.24, 2.45) is 5.92 Å². The molecule has 0 amide bonds. The number of hydrogen-bond acceptors (Lipinski definition) is 4. The van der Waals surface area contributed by atoms with Crippen molar-refractivity contribution in [3.05, 3.63) is 23.8 Å². The van der Waals surface area contributed by atoms with Crippen molar-refractivity contribution >= 4 is 17.3 Å². The van der Waals surface area contributed by atoms with E-state index < -0.39 is 0 Å². The zero-order valence-corrected chi connectivity index (χ0v) is 12.6. The number of piperidine rings is 1. The molecule has 4 heteroatoms. The van der Waals surface area contributed by atoms with Gasteiger partial charge in [-0.1, -0.05) is 13.0 Å². The fraction of sp³-hybridized carbons (Fsp3) is 0.562. The summed E-state index contributed by atoms with van der Waals surface area (Å²) in [5, 5.41) is 0. The SMILES string of the molecule is CCOC(=O)c1cccc(N2CC(C)CCC2C)c1N. The number of carbonyl (C=O) groups is 1. The quantitative estimate of drug-likeness (QED) is 0.681. The first-order valence-corrected chi connectivity index (χ1v) is 7.36. The van der Waals surface area contributed by atoms with E-state index in [0.29, 0.717) is 29.8 Å². The van der Waals surface area contributed by atoms with E-state index in [1.54, 1.807) is 13.0 Å². The van der Waals surface area contributed by atoms with Gasteiger partial charge in [0.2, 0.25) is 0 Å². The van der Waals surface area contributed by atoms with Crippen LogP contribution in [0.5, 0.6) is 0 Å². The molecular weight excluding hydrogens is 252 g/mol. The molecule has 1 fully saturated rings. The van der Waals surface area contributed by atoms with Crippen LogP contribution >= 0.6 is 0 Å². The first kappa shape index (κ1) is 14.7. The predicted octanol–water partition coefficient (Wildman–Crippen LogP) is 3.07. The molecule has 0 aliphatic carbocycles. The largest absolute Gasteiger partial charge is 0.462 e. The highest BCUT2D eigenvalue weighted by Gasteiger charge is 2.26. The van der Waals surface area contributed by atoms with Gasteiger partial charge < -0.3 is 15.4 Å². The Labute approximate surface area is 120 Å². The van der Waals surface area contributed by atoms with Crippen LogP contribution in [0.25, 0.3) is 0 Å². The minimum absolute atomic E-state index is 0.343. The number of esters is 1. The maximum atomic E-state index is 11.9. The number of nitrogens with zero attached hydrogens (tertiary/aromatic N) is 1. The summed E-state index contributed by atoms with van der Waals surface area (Å²) < 4.78 is 5.06. The van der Waals surface area contributed by atoms with Gasteiger partial charge in [0.25, 0.3) is 0 Å². The van der Waals surface area contributed by atoms with E-state index in [-0.39, 0.29) is 5.97 Å². The second-order valence-electron chi connectivity index (χ2n) is 5.64. The molecule has 110 valence electrons. The highest BCUT2D eigenvalue weighted by atomic mass is 16.5. The molecule has 0 aromatic heterocycles. The number of rotatable bonds is 3. The molecule has 1 saturated heterocycles. The third kappa shape index (κ3) is 2.89. The number of carbonyl (C=O) groups excluding carboxylic acids is 1. The number of hydrogen-bond donors (Lipinski definition) is 1. The molecule has 2 atom stereocenters. The lowest BCUT2D eigenvalue weighted by Crippen LogP contribution is -2.41. The van der Waals surface area contributed by atoms with Gasteiger partial charge in [-0.3, -0.25) is 0 Å². The summed E-state index contributed by atoms with van der Waals surface area (Å²) in [6.45, 7) is 7.61. The Kier molecular flexibility index (Phi) is 4.53. The minimum Gasteiger partial charge on any atom is -0.462 e. The Balaban J connectivity index is 2.32. The smallest absolute Gasteiger partial charge is 0.340 e. The van der Waals surface area contributed by atoms with E-state index in [1.165, 1.54) is 6.42 Å². The molecule has 2 unspecified atom stereocenters. The number of para-hydroxylation sites is 1. The lowest BCUT2D eigenvalue weighted by atomic mass is 9.94. The Morgan fingerprint density at radius 3 is 2.85 bits per heavy atom. The average molecular weight is 276 g/mol. The molecule has 4 nitrogen and oxygen atoms in total. The highest BCUT2D eigenvalue weighted by Crippen LogP contribution is 2.33. The maximum Gasteiger partial charge on any atom is 0.340 e. The lowest BCUT2D eigenvalue weighted by molar-refractivity contribution is 0.0527. The Morgan fingerprint density at radius 2 is 2.15 bits per heavy atom. The molecule has 1 aromatic rings. The molecule has 0 radical (unpaired) electrons. The fourth-order valence-corrected chi connectivity index (χ4v) is 2.81. The van der Waals surface area contributed by atoms with Gasteiger partial charge in [0, 0.05) is 12.6 Å². The molecule has 2 N–H and O–H groups in total. The molecule has 1 heterocycles. The Morgan fingerprint density at radius 1 is 1.40 bits per heavy atom. The first-order chi connectivity index (χ1) is 9.54. The Hall–Kier alpha value is -1.71. The number of benzene rings is 1. The van der Waals surface area contributed by atoms with E-state index in [4.69, 9.17) is 10.5 Å². The van der Waals surface area contributed by atoms with Crippen LogP contribution < -0.4 is 10.6 Å². The van der Waals surface area contributed by atoms with Crippen molar-refractivity contribution in [3.63, 3.8) is 0 Å². The van der Waals surface area contributed by atoms with E-state index in [0.717, 1.165) is 18.7 Å². The minimum atomic E-state index is -0.343. The zero-order chi connectivity index (χ0) is 14.7. The third-order valence-electron chi connectivity index (χ3n) is 4.01. The second kappa shape index (κ2) is 6.16. The molecule has 2 rings (SSSR count). The molecule has 1 aliphatic heterocycles. The van der Waals surface area contributed by atoms with Gasteiger partial charge in [-0.15, -0.1) is 0 Å². The van der Waals surface area contributed by atoms with Crippen molar-refractivity contribution in [2.75, 3.05) is 23.8 Å². The number of nitrogen functional groups attached to an aromatic ring is 1. The summed E-state index contributed by atoms with van der Waals surface area (Å²) in [5.74, 6) is 0.307. The van der Waals surface area contributed by atoms with Gasteiger partial charge in [-0.2, -0.15) is 0 Å². The van der Waals surface area contributed by atoms with E-state index in [1.807, 2.05) is 12.1 Å². The van der Waals surface area contributed by atoms with Crippen molar-refractivity contribution in [3.8, 4) is 0 Å². The zero-order valence-electron chi connectivity index (χ0n) is 12.6. The predicted molar refractivity (Wildman–Crippen MR) is 82.0 cm³/mol. The number of nitrogens with two attached hydrogens (primary N) is 1. The van der Waals surface area contributed by atoms with Crippen LogP contribution in [0.2, 0.25) is 0 Å². The van der Waals surface area contributed by atoms with Crippen LogP contribution in [0.3, 0.4) is 0 Å². The Bertz CT molecular complexity index is 487. The number of ether oxygens (including phenoxy) is 1. The summed E-state index contributed by atoms with van der Waals surface area (Å²) in [6.07, 6.45) is 2.40. The van der Waals surface area contributed by atoms with E-state index >= 15 is 0 Å². The molecular formula is C16H24N2O2. The molecule has 0 bridgehead atoms. The van der Waals surface area contributed by atoms with Crippen LogP contribution in [-0.2, 0) is 4.74 Å². The van der Waals surface area contributed by atoms with Crippen molar-refractivity contribution < 1.29 is 9.53 Å². The topological polar surface area (TPSA) is 55.6 Å². The van der Waals surface area contributed by atoms with E-state index in [2.05, 4.69) is 18.7 Å². The van der Waals surface area contributed by atoms with Crippen molar-refractivity contribution in [1.29, 1.82) is 0 Å². The monoisotopic (exact) mass is 276 g/mol. The van der Waals surface area contributed by atoms with Gasteiger partial charge in [0.15, 0.2) is 0 Å². The standard InChI is InChI=1S/C16H24N2O2/c1-4-20-16(19)13-6-5-7-14(15(13)17)18-10-11(2)8-9-12(18)3/h5-7,11-12H,4,8-10,17H2,1-3H3. The first-order valence-electron chi connectivity index (χ1n) is 7.36. The molecule has 0 saturated carbocycles. The van der Waals surface area contributed by atoms with Crippen LogP contribution in [0, 0.1) is 5.92 Å². The highest BCUT2D eigenvalue weighted by molar-refractivity contribution is 5.98. The van der Waals surface area contributed by atoms with Gasteiger partial charge in [0.1, 0.15) is 0 Å². The van der Waals surface area contributed by atoms with Gasteiger partial charge in [-0.25, -0.2) is 4.79 Å². The van der Waals surface area contributed by atoms with Crippen molar-refractivity contribution in [2.45, 2.75) is 39.7 Å². The summed E-state index contributed by atoms with van der Waals surface area (Å²) in [5.41, 5.74) is 8.17. The molecule has 0 spiro atoms. The molecule has 1 aliphatic rings. The summed E-state index contributed by atoms with van der Waals surface area (Å²) in [6, 6.07) is 6.05. The van der Waals surface area contributed by atoms with E-state index in [9.17, 15) is 4.79 Å². The van der Waals surface area contributed by atoms with Gasteiger partial charge in [-0.05, 0) is 44.7 Å². The molecule has 20 heavy (non-hydrogen) atoms. The molecule has 1 aromatic carbocycles. The lowest BCUT2D eigenvalue weighted by Gasteiger charge is -2.39. The van der Waals surface area contributed by atoms with Crippen LogP contribution in [0.1, 0.15) is 44.0 Å². The number of anilines is 2. The van der Waals surface area contributed by atoms with Gasteiger partial charge >= 0.3 is 5.97 Å². The van der Waals surface area contributed by atoms with Crippen LogP contribution in [0.15, 0.2) is 18.2 Å². The summed E-state index contributed by atoms with van der Waals surface area (Å²) >= 11 is 0. The van der Waals surface area contributed by atoms with Crippen LogP contribution in [0.4, 0.5) is 11.4 Å². The second-order valence-corrected chi connectivity index (χ2v) is 5.64. The van der Waals surface area contributed by atoms with Crippen LogP contribution in [-0.4, -0.2) is 25.2 Å². The van der Waals surface area contributed by atoms with Crippen molar-refractivity contribution in [1.82, 2.24) is 0 Å². The average Bonchev–Trinajstić information content (AvgIpc) is 2.42.